The van der Waals surface area contributed by atoms with E-state index in [1.54, 1.807) is 0 Å². The van der Waals surface area contributed by atoms with Gasteiger partial charge in [-0.3, -0.25) is 4.99 Å². The van der Waals surface area contributed by atoms with Crippen LogP contribution in [0.2, 0.25) is 0 Å². The number of phenols is 1. The molecular formula is C19H31NO. The summed E-state index contributed by atoms with van der Waals surface area (Å²) in [4.78, 5) is 4.54. The average Bonchev–Trinajstić information content (AvgIpc) is 2.34. The summed E-state index contributed by atoms with van der Waals surface area (Å²) in [5.74, 6) is 0.363. The van der Waals surface area contributed by atoms with Gasteiger partial charge in [-0.15, -0.1) is 0 Å². The van der Waals surface area contributed by atoms with E-state index in [0.717, 1.165) is 17.5 Å². The zero-order chi connectivity index (χ0) is 16.4. The maximum atomic E-state index is 10.6. The van der Waals surface area contributed by atoms with Gasteiger partial charge < -0.3 is 5.11 Å². The molecular weight excluding hydrogens is 258 g/mol. The Morgan fingerprint density at radius 2 is 1.67 bits per heavy atom. The number of aliphatic imine (C=N–C) groups is 1. The molecule has 0 heterocycles. The van der Waals surface area contributed by atoms with Crippen LogP contribution in [-0.2, 0) is 10.8 Å². The van der Waals surface area contributed by atoms with Crippen LogP contribution in [0.4, 0.5) is 0 Å². The number of nitrogens with zero attached hydrogens (tertiary/aromatic N) is 1. The zero-order valence-corrected chi connectivity index (χ0v) is 14.9. The third kappa shape index (κ3) is 4.59. The Morgan fingerprint density at radius 1 is 1.10 bits per heavy atom. The van der Waals surface area contributed by atoms with Crippen molar-refractivity contribution in [2.75, 3.05) is 0 Å². The smallest absolute Gasteiger partial charge is 0.128 e. The summed E-state index contributed by atoms with van der Waals surface area (Å²) < 4.78 is 0. The van der Waals surface area contributed by atoms with Crippen molar-refractivity contribution in [2.24, 2.45) is 4.99 Å². The van der Waals surface area contributed by atoms with Crippen molar-refractivity contribution in [3.63, 3.8) is 0 Å². The minimum absolute atomic E-state index is 0.0483. The molecule has 1 aromatic rings. The quantitative estimate of drug-likeness (QED) is 0.762. The maximum absolute atomic E-state index is 10.6. The van der Waals surface area contributed by atoms with Crippen LogP contribution >= 0.6 is 0 Å². The summed E-state index contributed by atoms with van der Waals surface area (Å²) in [5, 5.41) is 10.6. The van der Waals surface area contributed by atoms with Crippen LogP contribution in [0, 0.1) is 0 Å². The van der Waals surface area contributed by atoms with Gasteiger partial charge in [-0.25, -0.2) is 0 Å². The van der Waals surface area contributed by atoms with Gasteiger partial charge in [0.25, 0.3) is 0 Å². The van der Waals surface area contributed by atoms with E-state index in [9.17, 15) is 5.11 Å². The Labute approximate surface area is 130 Å². The van der Waals surface area contributed by atoms with Gasteiger partial charge >= 0.3 is 0 Å². The Kier molecular flexibility index (Phi) is 5.25. The minimum Gasteiger partial charge on any atom is -0.507 e. The molecule has 1 unspecified atom stereocenters. The van der Waals surface area contributed by atoms with Crippen molar-refractivity contribution in [3.8, 4) is 5.75 Å². The largest absolute Gasteiger partial charge is 0.507 e. The van der Waals surface area contributed by atoms with Gasteiger partial charge in [0.15, 0.2) is 0 Å². The first-order valence-corrected chi connectivity index (χ1v) is 7.88. The normalized spacial score (nSPS) is 14.7. The van der Waals surface area contributed by atoms with Crippen LogP contribution in [0.5, 0.6) is 5.75 Å². The third-order valence-corrected chi connectivity index (χ3v) is 3.87. The van der Waals surface area contributed by atoms with Crippen molar-refractivity contribution in [1.29, 1.82) is 0 Å². The van der Waals surface area contributed by atoms with Crippen LogP contribution in [0.25, 0.3) is 0 Å². The van der Waals surface area contributed by atoms with Crippen molar-refractivity contribution in [2.45, 2.75) is 78.7 Å². The first kappa shape index (κ1) is 17.7. The van der Waals surface area contributed by atoms with Crippen LogP contribution in [-0.4, -0.2) is 17.4 Å². The molecule has 0 aromatic heterocycles. The molecule has 0 aliphatic rings. The summed E-state index contributed by atoms with van der Waals surface area (Å²) in [7, 11) is 0. The maximum Gasteiger partial charge on any atom is 0.128 e. The van der Waals surface area contributed by atoms with Gasteiger partial charge in [0.2, 0.25) is 0 Å². The molecule has 0 bridgehead atoms. The number of hydrogen-bond acceptors (Lipinski definition) is 2. The molecule has 0 aliphatic heterocycles. The van der Waals surface area contributed by atoms with Gasteiger partial charge in [-0.2, -0.15) is 0 Å². The lowest BCUT2D eigenvalue weighted by atomic mass is 9.79. The van der Waals surface area contributed by atoms with Gasteiger partial charge in [0.05, 0.1) is 0 Å². The van der Waals surface area contributed by atoms with Crippen LogP contribution in [0.15, 0.2) is 17.1 Å². The highest BCUT2D eigenvalue weighted by atomic mass is 16.3. The summed E-state index contributed by atoms with van der Waals surface area (Å²) >= 11 is 0. The van der Waals surface area contributed by atoms with E-state index in [1.165, 1.54) is 5.56 Å². The number of phenolic OH excluding ortho intramolecular Hbond substituents is 1. The first-order valence-electron chi connectivity index (χ1n) is 7.88. The molecule has 0 amide bonds. The van der Waals surface area contributed by atoms with E-state index in [1.807, 2.05) is 6.21 Å². The molecule has 0 spiro atoms. The molecule has 0 saturated carbocycles. The fourth-order valence-electron chi connectivity index (χ4n) is 2.07. The van der Waals surface area contributed by atoms with Crippen molar-refractivity contribution in [1.82, 2.24) is 0 Å². The Morgan fingerprint density at radius 3 is 2.10 bits per heavy atom. The summed E-state index contributed by atoms with van der Waals surface area (Å²) in [6.45, 7) is 17.2. The molecule has 0 saturated heterocycles. The van der Waals surface area contributed by atoms with E-state index < -0.39 is 0 Å². The van der Waals surface area contributed by atoms with Gasteiger partial charge in [0.1, 0.15) is 5.75 Å². The lowest BCUT2D eigenvalue weighted by molar-refractivity contribution is 0.444. The lowest BCUT2D eigenvalue weighted by Crippen LogP contribution is -2.17. The molecule has 1 atom stereocenters. The van der Waals surface area contributed by atoms with Gasteiger partial charge in [0, 0.05) is 23.4 Å². The second-order valence-electron chi connectivity index (χ2n) is 8.00. The van der Waals surface area contributed by atoms with Crippen LogP contribution < -0.4 is 0 Å². The predicted molar refractivity (Wildman–Crippen MR) is 92.9 cm³/mol. The summed E-state index contributed by atoms with van der Waals surface area (Å²) in [6, 6.07) is 4.48. The zero-order valence-electron chi connectivity index (χ0n) is 14.9. The molecule has 21 heavy (non-hydrogen) atoms. The predicted octanol–water partition coefficient (Wildman–Crippen LogP) is 5.20. The Hall–Kier alpha value is -1.31. The van der Waals surface area contributed by atoms with Crippen molar-refractivity contribution >= 4 is 6.21 Å². The first-order chi connectivity index (χ1) is 9.46. The molecule has 1 rings (SSSR count). The van der Waals surface area contributed by atoms with E-state index in [-0.39, 0.29) is 16.9 Å². The SMILES string of the molecule is CCC(C)N=Cc1cc(C(C)(C)C)cc(C(C)(C)C)c1O. The average molecular weight is 289 g/mol. The molecule has 0 fully saturated rings. The van der Waals surface area contributed by atoms with E-state index in [2.05, 4.69) is 72.5 Å². The second-order valence-corrected chi connectivity index (χ2v) is 8.00. The van der Waals surface area contributed by atoms with E-state index in [0.29, 0.717) is 5.75 Å². The fraction of sp³-hybridized carbons (Fsp3) is 0.632. The number of aromatic hydroxyl groups is 1. The number of rotatable bonds is 3. The Balaban J connectivity index is 3.46. The topological polar surface area (TPSA) is 32.6 Å². The lowest BCUT2D eigenvalue weighted by Gasteiger charge is -2.27. The van der Waals surface area contributed by atoms with Crippen LogP contribution in [0.1, 0.15) is 78.5 Å². The highest BCUT2D eigenvalue weighted by molar-refractivity contribution is 5.85. The molecule has 118 valence electrons. The third-order valence-electron chi connectivity index (χ3n) is 3.87. The van der Waals surface area contributed by atoms with Gasteiger partial charge in [-0.1, -0.05) is 54.5 Å². The number of benzene rings is 1. The number of hydrogen-bond donors (Lipinski definition) is 1. The standard InChI is InChI=1S/C19H31NO/c1-9-13(2)20-12-14-10-15(18(3,4)5)11-16(17(14)21)19(6,7)8/h10-13,21H,9H2,1-8H3. The van der Waals surface area contributed by atoms with Gasteiger partial charge in [-0.05, 0) is 35.8 Å². The summed E-state index contributed by atoms with van der Waals surface area (Å²) in [6.07, 6.45) is 2.83. The molecule has 1 N–H and O–H groups in total. The fourth-order valence-corrected chi connectivity index (χ4v) is 2.07. The molecule has 2 heteroatoms. The molecule has 0 radical (unpaired) electrons. The monoisotopic (exact) mass is 289 g/mol. The van der Waals surface area contributed by atoms with Crippen molar-refractivity contribution in [3.05, 3.63) is 28.8 Å². The highest BCUT2D eigenvalue weighted by Gasteiger charge is 2.24. The van der Waals surface area contributed by atoms with E-state index in [4.69, 9.17) is 0 Å². The highest BCUT2D eigenvalue weighted by Crippen LogP contribution is 2.37. The van der Waals surface area contributed by atoms with Crippen molar-refractivity contribution < 1.29 is 5.11 Å². The second kappa shape index (κ2) is 6.21. The van der Waals surface area contributed by atoms with E-state index >= 15 is 0 Å². The Bertz CT molecular complexity index is 516. The summed E-state index contributed by atoms with van der Waals surface area (Å²) in [5.41, 5.74) is 3.00. The molecule has 1 aromatic carbocycles. The van der Waals surface area contributed by atoms with Crippen LogP contribution in [0.3, 0.4) is 0 Å². The minimum atomic E-state index is -0.0930. The molecule has 2 nitrogen and oxygen atoms in total. The molecule has 0 aliphatic carbocycles.